The summed E-state index contributed by atoms with van der Waals surface area (Å²) in [5.41, 5.74) is 2.69. The van der Waals surface area contributed by atoms with Crippen molar-refractivity contribution in [2.24, 2.45) is 5.41 Å². The van der Waals surface area contributed by atoms with Crippen molar-refractivity contribution in [3.63, 3.8) is 0 Å². The molecule has 2 N–H and O–H groups in total. The van der Waals surface area contributed by atoms with Gasteiger partial charge in [-0.05, 0) is 35.8 Å². The van der Waals surface area contributed by atoms with E-state index in [1.807, 2.05) is 30.5 Å². The van der Waals surface area contributed by atoms with Crippen molar-refractivity contribution in [3.05, 3.63) is 61.5 Å². The van der Waals surface area contributed by atoms with Gasteiger partial charge in [-0.2, -0.15) is 0 Å². The average molecular weight is 446 g/mol. The molecule has 1 aliphatic carbocycles. The van der Waals surface area contributed by atoms with Crippen LogP contribution in [0.1, 0.15) is 43.7 Å². The van der Waals surface area contributed by atoms with E-state index in [0.717, 1.165) is 22.2 Å². The number of carbonyl (C=O) groups excluding carboxylic acids is 1. The smallest absolute Gasteiger partial charge is 0.257 e. The number of H-pyrrole nitrogens is 1. The van der Waals surface area contributed by atoms with Gasteiger partial charge in [0.2, 0.25) is 0 Å². The van der Waals surface area contributed by atoms with Crippen LogP contribution in [0.2, 0.25) is 0 Å². The van der Waals surface area contributed by atoms with Gasteiger partial charge in [-0.25, -0.2) is 4.98 Å². The van der Waals surface area contributed by atoms with Crippen molar-refractivity contribution in [1.82, 2.24) is 9.97 Å². The van der Waals surface area contributed by atoms with Crippen molar-refractivity contribution >= 4 is 39.3 Å². The Balaban J connectivity index is 1.99. The highest BCUT2D eigenvalue weighted by molar-refractivity contribution is 9.10. The normalized spacial score (nSPS) is 20.7. The van der Waals surface area contributed by atoms with E-state index in [2.05, 4.69) is 45.1 Å². The third-order valence-corrected chi connectivity index (χ3v) is 6.15. The van der Waals surface area contributed by atoms with E-state index in [1.165, 1.54) is 11.8 Å². The number of ketones is 1. The number of aromatic nitrogens is 2. The molecule has 0 saturated heterocycles. The first-order chi connectivity index (χ1) is 12.8. The highest BCUT2D eigenvalue weighted by Crippen LogP contribution is 2.47. The van der Waals surface area contributed by atoms with E-state index in [-0.39, 0.29) is 16.8 Å². The number of hydrogen-bond donors (Lipinski definition) is 2. The number of nitrogens with zero attached hydrogens (tertiary/aromatic N) is 1. The van der Waals surface area contributed by atoms with Gasteiger partial charge in [0.1, 0.15) is 5.82 Å². The van der Waals surface area contributed by atoms with Crippen LogP contribution in [0.25, 0.3) is 0 Å². The maximum atomic E-state index is 13.1. The zero-order valence-corrected chi connectivity index (χ0v) is 17.8. The maximum Gasteiger partial charge on any atom is 0.257 e. The average Bonchev–Trinajstić information content (AvgIpc) is 2.58. The molecule has 0 fully saturated rings. The zero-order chi connectivity index (χ0) is 19.3. The van der Waals surface area contributed by atoms with E-state index in [9.17, 15) is 9.59 Å². The molecule has 1 aliphatic heterocycles. The Morgan fingerprint density at radius 1 is 1.26 bits per heavy atom. The largest absolute Gasteiger partial charge is 0.343 e. The van der Waals surface area contributed by atoms with Gasteiger partial charge < -0.3 is 10.3 Å². The van der Waals surface area contributed by atoms with Crippen LogP contribution in [0, 0.1) is 5.41 Å². The third-order valence-electron chi connectivity index (χ3n) is 5.08. The molecule has 1 aromatic heterocycles. The Labute approximate surface area is 170 Å². The number of rotatable bonds is 2. The first-order valence-corrected chi connectivity index (χ1v) is 10.8. The molecule has 2 aliphatic rings. The molecule has 2 heterocycles. The molecule has 7 heteroatoms. The molecule has 5 nitrogen and oxygen atoms in total. The molecule has 0 saturated carbocycles. The predicted molar refractivity (Wildman–Crippen MR) is 111 cm³/mol. The number of Topliss-reactive ketones (excluding diaryl/α,β-unsaturated/α-hetero) is 1. The molecule has 1 aromatic carbocycles. The topological polar surface area (TPSA) is 74.8 Å². The monoisotopic (exact) mass is 445 g/mol. The maximum absolute atomic E-state index is 13.1. The summed E-state index contributed by atoms with van der Waals surface area (Å²) < 4.78 is 0.913. The molecular formula is C20H20BrN3O2S. The van der Waals surface area contributed by atoms with Crippen LogP contribution < -0.4 is 10.9 Å². The highest BCUT2D eigenvalue weighted by atomic mass is 79.9. The van der Waals surface area contributed by atoms with Crippen molar-refractivity contribution in [2.75, 3.05) is 11.6 Å². The minimum absolute atomic E-state index is 0.0951. The summed E-state index contributed by atoms with van der Waals surface area (Å²) in [5.74, 6) is 0.236. The fourth-order valence-electron chi connectivity index (χ4n) is 4.01. The van der Waals surface area contributed by atoms with Crippen molar-refractivity contribution in [1.29, 1.82) is 0 Å². The van der Waals surface area contributed by atoms with Crippen LogP contribution in [0.15, 0.2) is 50.0 Å². The summed E-state index contributed by atoms with van der Waals surface area (Å²) in [6, 6.07) is 7.80. The number of nitrogens with one attached hydrogen (secondary N) is 2. The third kappa shape index (κ3) is 3.27. The number of anilines is 1. The second-order valence-corrected chi connectivity index (χ2v) is 9.49. The first-order valence-electron chi connectivity index (χ1n) is 8.76. The van der Waals surface area contributed by atoms with Crippen molar-refractivity contribution < 1.29 is 4.79 Å². The zero-order valence-electron chi connectivity index (χ0n) is 15.4. The number of benzene rings is 1. The minimum Gasteiger partial charge on any atom is -0.343 e. The lowest BCUT2D eigenvalue weighted by atomic mass is 9.69. The Morgan fingerprint density at radius 3 is 2.74 bits per heavy atom. The molecule has 27 heavy (non-hydrogen) atoms. The fraction of sp³-hybridized carbons (Fsp3) is 0.350. The lowest BCUT2D eigenvalue weighted by molar-refractivity contribution is -0.118. The quantitative estimate of drug-likeness (QED) is 0.527. The van der Waals surface area contributed by atoms with E-state index in [4.69, 9.17) is 0 Å². The summed E-state index contributed by atoms with van der Waals surface area (Å²) in [5, 5.41) is 3.88. The lowest BCUT2D eigenvalue weighted by Gasteiger charge is -2.38. The number of carbonyl (C=O) groups is 1. The number of aromatic amines is 1. The van der Waals surface area contributed by atoms with Gasteiger partial charge in [0, 0.05) is 28.1 Å². The highest BCUT2D eigenvalue weighted by Gasteiger charge is 2.42. The minimum atomic E-state index is -0.412. The second kappa shape index (κ2) is 6.63. The molecular weight excluding hydrogens is 426 g/mol. The number of hydrogen-bond acceptors (Lipinski definition) is 5. The molecule has 0 spiro atoms. The van der Waals surface area contributed by atoms with E-state index in [1.54, 1.807) is 0 Å². The summed E-state index contributed by atoms with van der Waals surface area (Å²) in [6.07, 6.45) is 3.10. The predicted octanol–water partition coefficient (Wildman–Crippen LogP) is 4.45. The molecule has 4 rings (SSSR count). The Hall–Kier alpha value is -1.86. The van der Waals surface area contributed by atoms with Gasteiger partial charge in [-0.3, -0.25) is 9.59 Å². The molecule has 2 aromatic rings. The van der Waals surface area contributed by atoms with Gasteiger partial charge in [-0.15, -0.1) is 0 Å². The van der Waals surface area contributed by atoms with Gasteiger partial charge in [0.15, 0.2) is 10.9 Å². The van der Waals surface area contributed by atoms with Crippen LogP contribution >= 0.6 is 27.7 Å². The molecule has 0 amide bonds. The van der Waals surface area contributed by atoms with E-state index in [0.29, 0.717) is 28.5 Å². The Bertz CT molecular complexity index is 1040. The number of thioether (sulfide) groups is 1. The van der Waals surface area contributed by atoms with Crippen LogP contribution in [-0.4, -0.2) is 22.0 Å². The standard InChI is InChI=1S/C20H20BrN3O2S/c1-20(2)8-12-15(13(25)9-20)14(10-5-4-6-11(21)7-10)16-17(22-12)23-19(27-3)24-18(16)26/h4-7,14H,8-9H2,1-3H3,(H2,22,23,24,26)/t14-/m0/s1. The van der Waals surface area contributed by atoms with Gasteiger partial charge >= 0.3 is 0 Å². The van der Waals surface area contributed by atoms with Crippen LogP contribution in [0.3, 0.4) is 0 Å². The van der Waals surface area contributed by atoms with E-state index < -0.39 is 5.92 Å². The summed E-state index contributed by atoms with van der Waals surface area (Å²) in [7, 11) is 0. The molecule has 1 atom stereocenters. The Morgan fingerprint density at radius 2 is 2.04 bits per heavy atom. The van der Waals surface area contributed by atoms with Gasteiger partial charge in [0.05, 0.1) is 5.56 Å². The SMILES string of the molecule is CSc1nc2c(c(=O)[nH]1)[C@@H](c1cccc(Br)c1)C1=C(CC(C)(C)CC1=O)N2. The molecule has 0 radical (unpaired) electrons. The number of allylic oxidation sites excluding steroid dienone is 2. The van der Waals surface area contributed by atoms with Crippen LogP contribution in [0.5, 0.6) is 0 Å². The molecule has 0 bridgehead atoms. The van der Waals surface area contributed by atoms with Gasteiger partial charge in [0.25, 0.3) is 5.56 Å². The van der Waals surface area contributed by atoms with Crippen LogP contribution in [-0.2, 0) is 4.79 Å². The summed E-state index contributed by atoms with van der Waals surface area (Å²) >= 11 is 4.90. The van der Waals surface area contributed by atoms with Crippen molar-refractivity contribution in [2.45, 2.75) is 37.8 Å². The van der Waals surface area contributed by atoms with Crippen molar-refractivity contribution in [3.8, 4) is 0 Å². The molecule has 140 valence electrons. The second-order valence-electron chi connectivity index (χ2n) is 7.78. The fourth-order valence-corrected chi connectivity index (χ4v) is 4.80. The summed E-state index contributed by atoms with van der Waals surface area (Å²) in [4.78, 5) is 33.5. The van der Waals surface area contributed by atoms with E-state index >= 15 is 0 Å². The number of fused-ring (bicyclic) bond motifs is 1. The van der Waals surface area contributed by atoms with Crippen LogP contribution in [0.4, 0.5) is 5.82 Å². The first kappa shape index (κ1) is 18.5. The van der Waals surface area contributed by atoms with Gasteiger partial charge in [-0.1, -0.05) is 53.7 Å². The Kier molecular flexibility index (Phi) is 4.55. The molecule has 0 unspecified atom stereocenters. The lowest BCUT2D eigenvalue weighted by Crippen LogP contribution is -2.37. The summed E-state index contributed by atoms with van der Waals surface area (Å²) in [6.45, 7) is 4.19. The number of halogens is 1.